The third-order valence-electron chi connectivity index (χ3n) is 5.17. The number of carbonyl (C=O) groups is 1. The predicted molar refractivity (Wildman–Crippen MR) is 176 cm³/mol. The van der Waals surface area contributed by atoms with E-state index in [0.29, 0.717) is 17.1 Å². The van der Waals surface area contributed by atoms with Gasteiger partial charge in [-0.2, -0.15) is 18.3 Å². The van der Waals surface area contributed by atoms with Crippen LogP contribution in [0.5, 0.6) is 0 Å². The van der Waals surface area contributed by atoms with E-state index in [2.05, 4.69) is 72.6 Å². The second-order valence-corrected chi connectivity index (χ2v) is 8.86. The highest BCUT2D eigenvalue weighted by Crippen LogP contribution is 2.34. The van der Waals surface area contributed by atoms with Crippen molar-refractivity contribution in [3.8, 4) is 0 Å². The van der Waals surface area contributed by atoms with E-state index in [-0.39, 0.29) is 12.4 Å². The smallest absolute Gasteiger partial charge is 0.434 e. The number of hydrogen-bond acceptors (Lipinski definition) is 6. The Morgan fingerprint density at radius 1 is 1.21 bits per heavy atom. The lowest BCUT2D eigenvalue weighted by molar-refractivity contribution is -0.140. The van der Waals surface area contributed by atoms with Crippen molar-refractivity contribution in [2.45, 2.75) is 66.5 Å². The highest BCUT2D eigenvalue weighted by molar-refractivity contribution is 5.89. The van der Waals surface area contributed by atoms with Gasteiger partial charge < -0.3 is 10.1 Å². The third-order valence-corrected chi connectivity index (χ3v) is 5.17. The van der Waals surface area contributed by atoms with Crippen molar-refractivity contribution >= 4 is 18.5 Å². The van der Waals surface area contributed by atoms with Crippen LogP contribution in [0, 0.1) is 6.92 Å². The van der Waals surface area contributed by atoms with Crippen LogP contribution in [0.25, 0.3) is 0 Å². The minimum absolute atomic E-state index is 0.0333. The SMILES string of the molecule is C/C=C\CNC.C1=CCCC=C1.C=C/C=C\C(=C)CC.C=NN(/C(=C(\C)C(=O)OCCC)C(F)(F)F)c1cccc(C)n1. The van der Waals surface area contributed by atoms with Gasteiger partial charge in [-0.3, -0.25) is 0 Å². The van der Waals surface area contributed by atoms with E-state index < -0.39 is 23.4 Å². The molecule has 0 aliphatic heterocycles. The largest absolute Gasteiger partial charge is 0.462 e. The first-order valence-corrected chi connectivity index (χ1v) is 14.1. The Morgan fingerprint density at radius 3 is 2.21 bits per heavy atom. The number of hydrogen-bond donors (Lipinski definition) is 1. The summed E-state index contributed by atoms with van der Waals surface area (Å²) in [5, 5.41) is 6.86. The summed E-state index contributed by atoms with van der Waals surface area (Å²) in [6.45, 7) is 20.0. The molecule has 0 aromatic carbocycles. The molecule has 0 amide bonds. The molecule has 1 aliphatic rings. The van der Waals surface area contributed by atoms with Crippen LogP contribution >= 0.6 is 0 Å². The number of pyridine rings is 1. The molecule has 0 saturated heterocycles. The van der Waals surface area contributed by atoms with Crippen molar-refractivity contribution in [1.82, 2.24) is 10.3 Å². The summed E-state index contributed by atoms with van der Waals surface area (Å²) >= 11 is 0. The Balaban J connectivity index is 0. The molecular formula is C34H49F3N4O2. The summed E-state index contributed by atoms with van der Waals surface area (Å²) in [7, 11) is 1.93. The summed E-state index contributed by atoms with van der Waals surface area (Å²) < 4.78 is 45.1. The molecular weight excluding hydrogens is 553 g/mol. The number of nitrogens with one attached hydrogen (secondary N) is 1. The molecule has 0 bridgehead atoms. The van der Waals surface area contributed by atoms with Gasteiger partial charge in [-0.25, -0.2) is 14.8 Å². The van der Waals surface area contributed by atoms with Crippen LogP contribution < -0.4 is 10.3 Å². The van der Waals surface area contributed by atoms with Crippen LogP contribution in [-0.4, -0.2) is 44.0 Å². The number of anilines is 1. The van der Waals surface area contributed by atoms with Crippen molar-refractivity contribution in [3.05, 3.63) is 109 Å². The Hall–Kier alpha value is -3.98. The number of rotatable bonds is 11. The van der Waals surface area contributed by atoms with Gasteiger partial charge in [0.15, 0.2) is 11.5 Å². The van der Waals surface area contributed by atoms with Gasteiger partial charge >= 0.3 is 12.1 Å². The molecule has 0 radical (unpaired) electrons. The van der Waals surface area contributed by atoms with Crippen molar-refractivity contribution in [1.29, 1.82) is 0 Å². The molecule has 0 unspecified atom stereocenters. The third kappa shape index (κ3) is 20.5. The number of ether oxygens (including phenoxy) is 1. The van der Waals surface area contributed by atoms with Gasteiger partial charge in [0, 0.05) is 19.0 Å². The molecule has 1 aromatic heterocycles. The van der Waals surface area contributed by atoms with Crippen LogP contribution in [0.4, 0.5) is 19.0 Å². The summed E-state index contributed by atoms with van der Waals surface area (Å²) in [6, 6.07) is 4.51. The second-order valence-electron chi connectivity index (χ2n) is 8.86. The van der Waals surface area contributed by atoms with E-state index in [1.54, 1.807) is 26.0 Å². The quantitative estimate of drug-likeness (QED) is 0.0684. The number of aromatic nitrogens is 1. The number of halogens is 3. The normalized spacial score (nSPS) is 12.5. The fraction of sp³-hybridized carbons (Fsp3) is 0.382. The molecule has 0 fully saturated rings. The fourth-order valence-corrected chi connectivity index (χ4v) is 2.90. The number of alkyl halides is 3. The van der Waals surface area contributed by atoms with E-state index in [9.17, 15) is 18.0 Å². The predicted octanol–water partition coefficient (Wildman–Crippen LogP) is 8.97. The average Bonchev–Trinajstić information content (AvgIpc) is 3.01. The van der Waals surface area contributed by atoms with Crippen LogP contribution in [0.1, 0.15) is 59.1 Å². The molecule has 1 heterocycles. The van der Waals surface area contributed by atoms with Crippen LogP contribution in [0.2, 0.25) is 0 Å². The maximum Gasteiger partial charge on any atom is 0.434 e. The van der Waals surface area contributed by atoms with Gasteiger partial charge in [-0.15, -0.1) is 0 Å². The van der Waals surface area contributed by atoms with Crippen molar-refractivity contribution in [2.75, 3.05) is 25.2 Å². The molecule has 238 valence electrons. The summed E-state index contributed by atoms with van der Waals surface area (Å²) in [4.78, 5) is 15.8. The maximum atomic E-state index is 13.5. The number of carbonyl (C=O) groups excluding carboxylic acids is 1. The van der Waals surface area contributed by atoms with Gasteiger partial charge in [0.25, 0.3) is 0 Å². The van der Waals surface area contributed by atoms with Crippen LogP contribution in [0.3, 0.4) is 0 Å². The van der Waals surface area contributed by atoms with Gasteiger partial charge in [0.2, 0.25) is 0 Å². The molecule has 1 aliphatic carbocycles. The molecule has 0 saturated carbocycles. The molecule has 1 aromatic rings. The minimum atomic E-state index is -4.83. The van der Waals surface area contributed by atoms with E-state index in [0.717, 1.165) is 25.5 Å². The maximum absolute atomic E-state index is 13.5. The van der Waals surface area contributed by atoms with Crippen molar-refractivity contribution in [2.24, 2.45) is 5.10 Å². The molecule has 43 heavy (non-hydrogen) atoms. The molecule has 0 atom stereocenters. The Bertz CT molecular complexity index is 1100. The van der Waals surface area contributed by atoms with Gasteiger partial charge in [0.05, 0.1) is 12.2 Å². The standard InChI is InChI=1S/C15H18F3N3O2.C8H12.C6H8.C5H11N/c1-5-9-23-14(22)11(3)13(15(16,17)18)21(19-4)12-8-6-7-10(2)20-12;1-4-6-7-8(3)5-2;1-2-4-6-5-3-1;1-3-4-5-6-2/h6-8H,4-5,9H2,1-3H3;4,6-7H,1,3,5H2,2H3;1-4H,5-6H2;3-4,6H,5H2,1-2H3/b13-11+;7-6-;;4-3-. The zero-order valence-corrected chi connectivity index (χ0v) is 26.6. The number of likely N-dealkylation sites (N-methyl/N-ethyl adjacent to an activating group) is 1. The van der Waals surface area contributed by atoms with Gasteiger partial charge in [-0.1, -0.05) is 93.3 Å². The first-order chi connectivity index (χ1) is 20.4. The minimum Gasteiger partial charge on any atom is -0.462 e. The number of allylic oxidation sites excluding steroid dienone is 10. The Labute approximate surface area is 256 Å². The number of nitrogens with zero attached hydrogens (tertiary/aromatic N) is 3. The first-order valence-electron chi connectivity index (χ1n) is 14.1. The molecule has 1 N–H and O–H groups in total. The van der Waals surface area contributed by atoms with E-state index in [1.807, 2.05) is 32.2 Å². The zero-order chi connectivity index (χ0) is 33.1. The van der Waals surface area contributed by atoms with E-state index >= 15 is 0 Å². The highest BCUT2D eigenvalue weighted by Gasteiger charge is 2.42. The fourth-order valence-electron chi connectivity index (χ4n) is 2.90. The van der Waals surface area contributed by atoms with Crippen molar-refractivity contribution < 1.29 is 22.7 Å². The lowest BCUT2D eigenvalue weighted by atomic mass is 10.2. The number of esters is 1. The van der Waals surface area contributed by atoms with Gasteiger partial charge in [-0.05, 0) is 65.6 Å². The molecule has 9 heteroatoms. The monoisotopic (exact) mass is 602 g/mol. The molecule has 2 rings (SSSR count). The zero-order valence-electron chi connectivity index (χ0n) is 26.6. The molecule has 0 spiro atoms. The average molecular weight is 603 g/mol. The highest BCUT2D eigenvalue weighted by atomic mass is 19.4. The summed E-state index contributed by atoms with van der Waals surface area (Å²) in [5.41, 5.74) is -0.234. The molecule has 6 nitrogen and oxygen atoms in total. The van der Waals surface area contributed by atoms with Crippen molar-refractivity contribution in [3.63, 3.8) is 0 Å². The lowest BCUT2D eigenvalue weighted by Crippen LogP contribution is -2.31. The van der Waals surface area contributed by atoms with E-state index in [1.165, 1.54) is 25.0 Å². The number of hydrazone groups is 1. The summed E-state index contributed by atoms with van der Waals surface area (Å²) in [5.74, 6) is -1.14. The first kappa shape index (κ1) is 41.2. The number of aryl methyl sites for hydroxylation is 1. The van der Waals surface area contributed by atoms with E-state index in [4.69, 9.17) is 4.74 Å². The lowest BCUT2D eigenvalue weighted by Gasteiger charge is -2.24. The Kier molecular flexibility index (Phi) is 24.6. The topological polar surface area (TPSA) is 66.8 Å². The summed E-state index contributed by atoms with van der Waals surface area (Å²) in [6.07, 6.45) is 17.4. The van der Waals surface area contributed by atoms with Crippen LogP contribution in [-0.2, 0) is 9.53 Å². The Morgan fingerprint density at radius 2 is 1.84 bits per heavy atom. The second kappa shape index (κ2) is 25.7. The van der Waals surface area contributed by atoms with Crippen LogP contribution in [0.15, 0.2) is 108 Å². The van der Waals surface area contributed by atoms with Gasteiger partial charge in [0.1, 0.15) is 0 Å².